The Bertz CT molecular complexity index is 485. The van der Waals surface area contributed by atoms with Crippen molar-refractivity contribution in [2.45, 2.75) is 18.1 Å². The maximum Gasteiger partial charge on any atom is 0.330 e. The van der Waals surface area contributed by atoms with E-state index in [9.17, 15) is 14.7 Å². The number of hydrogen-bond donors (Lipinski definition) is 2. The van der Waals surface area contributed by atoms with Gasteiger partial charge < -0.3 is 15.2 Å². The molecule has 108 valence electrons. The van der Waals surface area contributed by atoms with Crippen LogP contribution >= 0.6 is 11.8 Å². The lowest BCUT2D eigenvalue weighted by Crippen LogP contribution is -2.56. The Morgan fingerprint density at radius 3 is 2.60 bits per heavy atom. The SMILES string of the molecule is COC(C(=O)NC1(C(=O)O)CCSC1)c1ccccc1. The third-order valence-corrected chi connectivity index (χ3v) is 4.56. The molecule has 0 saturated carbocycles. The molecule has 0 aromatic heterocycles. The van der Waals surface area contributed by atoms with Gasteiger partial charge in [-0.25, -0.2) is 4.79 Å². The molecule has 0 aliphatic carbocycles. The van der Waals surface area contributed by atoms with Crippen molar-refractivity contribution in [3.05, 3.63) is 35.9 Å². The second kappa shape index (κ2) is 6.28. The number of methoxy groups -OCH3 is 1. The van der Waals surface area contributed by atoms with E-state index in [2.05, 4.69) is 5.32 Å². The fraction of sp³-hybridized carbons (Fsp3) is 0.429. The summed E-state index contributed by atoms with van der Waals surface area (Å²) in [6.45, 7) is 0. The molecule has 0 radical (unpaired) electrons. The molecule has 1 aliphatic rings. The number of aliphatic carboxylic acids is 1. The van der Waals surface area contributed by atoms with Gasteiger partial charge in [-0.2, -0.15) is 11.8 Å². The summed E-state index contributed by atoms with van der Waals surface area (Å²) < 4.78 is 5.22. The van der Waals surface area contributed by atoms with Crippen molar-refractivity contribution < 1.29 is 19.4 Å². The van der Waals surface area contributed by atoms with Crippen molar-refractivity contribution in [2.75, 3.05) is 18.6 Å². The van der Waals surface area contributed by atoms with Crippen LogP contribution in [0, 0.1) is 0 Å². The zero-order valence-corrected chi connectivity index (χ0v) is 12.0. The van der Waals surface area contributed by atoms with Crippen molar-refractivity contribution >= 4 is 23.6 Å². The largest absolute Gasteiger partial charge is 0.479 e. The fourth-order valence-electron chi connectivity index (χ4n) is 2.21. The van der Waals surface area contributed by atoms with Crippen LogP contribution in [0.15, 0.2) is 30.3 Å². The highest BCUT2D eigenvalue weighted by molar-refractivity contribution is 7.99. The van der Waals surface area contributed by atoms with Crippen molar-refractivity contribution in [3.63, 3.8) is 0 Å². The Balaban J connectivity index is 2.15. The van der Waals surface area contributed by atoms with Gasteiger partial charge in [-0.3, -0.25) is 4.79 Å². The van der Waals surface area contributed by atoms with Gasteiger partial charge in [-0.1, -0.05) is 30.3 Å². The Labute approximate surface area is 121 Å². The van der Waals surface area contributed by atoms with E-state index in [0.717, 1.165) is 5.75 Å². The number of hydrogen-bond acceptors (Lipinski definition) is 4. The van der Waals surface area contributed by atoms with Gasteiger partial charge in [0.05, 0.1) is 0 Å². The number of carbonyl (C=O) groups is 2. The molecule has 1 saturated heterocycles. The molecule has 1 aromatic rings. The molecule has 20 heavy (non-hydrogen) atoms. The summed E-state index contributed by atoms with van der Waals surface area (Å²) in [6.07, 6.45) is -0.359. The first kappa shape index (κ1) is 14.9. The zero-order chi connectivity index (χ0) is 14.6. The minimum Gasteiger partial charge on any atom is -0.479 e. The summed E-state index contributed by atoms with van der Waals surface area (Å²) in [5.74, 6) is -0.281. The number of carbonyl (C=O) groups excluding carboxylic acids is 1. The summed E-state index contributed by atoms with van der Waals surface area (Å²) in [7, 11) is 1.44. The highest BCUT2D eigenvalue weighted by Gasteiger charge is 2.44. The number of carboxylic acids is 1. The van der Waals surface area contributed by atoms with E-state index in [4.69, 9.17) is 4.74 Å². The first-order valence-corrected chi connectivity index (χ1v) is 7.45. The standard InChI is InChI=1S/C14H17NO4S/c1-19-11(10-5-3-2-4-6-10)12(16)15-14(13(17)18)7-8-20-9-14/h2-6,11H,7-9H2,1H3,(H,15,16)(H,17,18). The van der Waals surface area contributed by atoms with Crippen LogP contribution in [0.3, 0.4) is 0 Å². The van der Waals surface area contributed by atoms with Gasteiger partial charge in [0.25, 0.3) is 5.91 Å². The van der Waals surface area contributed by atoms with Gasteiger partial charge in [0.1, 0.15) is 5.54 Å². The maximum atomic E-state index is 12.3. The van der Waals surface area contributed by atoms with E-state index in [1.165, 1.54) is 18.9 Å². The summed E-state index contributed by atoms with van der Waals surface area (Å²) in [6, 6.07) is 9.04. The van der Waals surface area contributed by atoms with Crippen molar-refractivity contribution in [1.29, 1.82) is 0 Å². The van der Waals surface area contributed by atoms with Crippen LogP contribution in [0.5, 0.6) is 0 Å². The number of rotatable bonds is 5. The summed E-state index contributed by atoms with van der Waals surface area (Å²) in [5.41, 5.74) is -0.466. The molecule has 1 amide bonds. The van der Waals surface area contributed by atoms with E-state index >= 15 is 0 Å². The van der Waals surface area contributed by atoms with Gasteiger partial charge in [0.2, 0.25) is 0 Å². The molecule has 2 atom stereocenters. The normalized spacial score (nSPS) is 23.2. The summed E-state index contributed by atoms with van der Waals surface area (Å²) in [5, 5.41) is 12.0. The molecule has 1 aromatic carbocycles. The molecule has 1 fully saturated rings. The van der Waals surface area contributed by atoms with Gasteiger partial charge >= 0.3 is 5.97 Å². The number of amides is 1. The molecule has 6 heteroatoms. The minimum atomic E-state index is -1.17. The van der Waals surface area contributed by atoms with Gasteiger partial charge in [-0.05, 0) is 17.7 Å². The topological polar surface area (TPSA) is 75.6 Å². The van der Waals surface area contributed by atoms with Crippen LogP contribution in [-0.2, 0) is 14.3 Å². The van der Waals surface area contributed by atoms with Gasteiger partial charge in [-0.15, -0.1) is 0 Å². The molecule has 2 N–H and O–H groups in total. The number of benzene rings is 1. The first-order chi connectivity index (χ1) is 9.59. The predicted molar refractivity (Wildman–Crippen MR) is 76.6 cm³/mol. The van der Waals surface area contributed by atoms with Crippen LogP contribution in [0.4, 0.5) is 0 Å². The van der Waals surface area contributed by atoms with Gasteiger partial charge in [0, 0.05) is 12.9 Å². The van der Waals surface area contributed by atoms with Crippen molar-refractivity contribution in [3.8, 4) is 0 Å². The Morgan fingerprint density at radius 1 is 1.40 bits per heavy atom. The van der Waals surface area contributed by atoms with Crippen molar-refractivity contribution in [2.24, 2.45) is 0 Å². The Morgan fingerprint density at radius 2 is 2.10 bits per heavy atom. The van der Waals surface area contributed by atoms with E-state index in [1.54, 1.807) is 12.1 Å². The highest BCUT2D eigenvalue weighted by Crippen LogP contribution is 2.29. The molecule has 2 rings (SSSR count). The minimum absolute atomic E-state index is 0.388. The molecule has 1 aliphatic heterocycles. The maximum absolute atomic E-state index is 12.3. The number of nitrogens with one attached hydrogen (secondary N) is 1. The fourth-order valence-corrected chi connectivity index (χ4v) is 3.53. The van der Waals surface area contributed by atoms with E-state index in [1.807, 2.05) is 18.2 Å². The van der Waals surface area contributed by atoms with Crippen LogP contribution in [0.1, 0.15) is 18.1 Å². The van der Waals surface area contributed by atoms with Crippen LogP contribution in [0.25, 0.3) is 0 Å². The Hall–Kier alpha value is -1.53. The molecule has 1 heterocycles. The third kappa shape index (κ3) is 2.96. The molecule has 2 unspecified atom stereocenters. The van der Waals surface area contributed by atoms with Crippen LogP contribution < -0.4 is 5.32 Å². The van der Waals surface area contributed by atoms with Gasteiger partial charge in [0.15, 0.2) is 6.10 Å². The second-order valence-electron chi connectivity index (χ2n) is 4.71. The second-order valence-corrected chi connectivity index (χ2v) is 5.81. The van der Waals surface area contributed by atoms with Crippen molar-refractivity contribution in [1.82, 2.24) is 5.32 Å². The lowest BCUT2D eigenvalue weighted by atomic mass is 9.98. The summed E-state index contributed by atoms with van der Waals surface area (Å²) >= 11 is 1.53. The van der Waals surface area contributed by atoms with Crippen LogP contribution in [-0.4, -0.2) is 41.1 Å². The molecule has 0 bridgehead atoms. The van der Waals surface area contributed by atoms with E-state index in [-0.39, 0.29) is 0 Å². The lowest BCUT2D eigenvalue weighted by Gasteiger charge is -2.27. The number of thioether (sulfide) groups is 1. The molecular weight excluding hydrogens is 278 g/mol. The number of ether oxygens (including phenoxy) is 1. The molecule has 5 nitrogen and oxygen atoms in total. The Kier molecular flexibility index (Phi) is 4.67. The third-order valence-electron chi connectivity index (χ3n) is 3.37. The lowest BCUT2D eigenvalue weighted by molar-refractivity contribution is -0.148. The predicted octanol–water partition coefficient (Wildman–Crippen LogP) is 1.45. The van der Waals surface area contributed by atoms with Crippen LogP contribution in [0.2, 0.25) is 0 Å². The first-order valence-electron chi connectivity index (χ1n) is 6.30. The van der Waals surface area contributed by atoms with E-state index in [0.29, 0.717) is 17.7 Å². The molecule has 0 spiro atoms. The average molecular weight is 295 g/mol. The quantitative estimate of drug-likeness (QED) is 0.860. The average Bonchev–Trinajstić information content (AvgIpc) is 2.90. The smallest absolute Gasteiger partial charge is 0.330 e. The zero-order valence-electron chi connectivity index (χ0n) is 11.2. The number of carboxylic acid groups (broad SMARTS) is 1. The highest BCUT2D eigenvalue weighted by atomic mass is 32.2. The van der Waals surface area contributed by atoms with E-state index < -0.39 is 23.5 Å². The summed E-state index contributed by atoms with van der Waals surface area (Å²) in [4.78, 5) is 23.8. The molecular formula is C14H17NO4S. The monoisotopic (exact) mass is 295 g/mol.